The Labute approximate surface area is 163 Å². The number of carbonyl (C=O) groups excluding carboxylic acids is 1. The smallest absolute Gasteiger partial charge is 0.262 e. The quantitative estimate of drug-likeness (QED) is 0.426. The normalized spacial score (nSPS) is 13.6. The first-order valence-corrected chi connectivity index (χ1v) is 9.06. The lowest BCUT2D eigenvalue weighted by Gasteiger charge is -2.08. The molecule has 1 aliphatic carbocycles. The molecular weight excluding hydrogens is 364 g/mol. The number of ether oxygens (including phenoxy) is 2. The molecule has 1 N–H and O–H groups in total. The van der Waals surface area contributed by atoms with E-state index in [0.717, 1.165) is 24.2 Å². The van der Waals surface area contributed by atoms with Gasteiger partial charge < -0.3 is 14.8 Å². The minimum Gasteiger partial charge on any atom is -0.490 e. The van der Waals surface area contributed by atoms with Crippen molar-refractivity contribution < 1.29 is 14.3 Å². The summed E-state index contributed by atoms with van der Waals surface area (Å²) in [6.07, 6.45) is 3.54. The van der Waals surface area contributed by atoms with Crippen molar-refractivity contribution in [3.05, 3.63) is 64.7 Å². The summed E-state index contributed by atoms with van der Waals surface area (Å²) >= 11 is 5.82. The highest BCUT2D eigenvalue weighted by molar-refractivity contribution is 6.30. The van der Waals surface area contributed by atoms with Crippen molar-refractivity contribution in [1.82, 2.24) is 5.32 Å². The molecule has 0 aliphatic heterocycles. The molecule has 1 saturated carbocycles. The fourth-order valence-electron chi connectivity index (χ4n) is 2.32. The van der Waals surface area contributed by atoms with Gasteiger partial charge in [0.1, 0.15) is 36.4 Å². The molecule has 5 nitrogen and oxygen atoms in total. The van der Waals surface area contributed by atoms with E-state index in [0.29, 0.717) is 24.0 Å². The third-order valence-corrected chi connectivity index (χ3v) is 4.16. The van der Waals surface area contributed by atoms with Gasteiger partial charge in [-0.2, -0.15) is 5.26 Å². The van der Waals surface area contributed by atoms with Crippen LogP contribution in [0, 0.1) is 11.3 Å². The molecule has 2 aromatic carbocycles. The molecule has 3 rings (SSSR count). The van der Waals surface area contributed by atoms with E-state index in [9.17, 15) is 10.1 Å². The lowest BCUT2D eigenvalue weighted by molar-refractivity contribution is -0.117. The Kier molecular flexibility index (Phi) is 6.35. The third-order valence-electron chi connectivity index (χ3n) is 3.90. The van der Waals surface area contributed by atoms with Gasteiger partial charge in [-0.05, 0) is 60.9 Å². The predicted octanol–water partition coefficient (Wildman–Crippen LogP) is 3.98. The monoisotopic (exact) mass is 382 g/mol. The first-order chi connectivity index (χ1) is 13.1. The highest BCUT2D eigenvalue weighted by Crippen LogP contribution is 2.20. The summed E-state index contributed by atoms with van der Waals surface area (Å²) in [5.74, 6) is 1.10. The van der Waals surface area contributed by atoms with Crippen LogP contribution in [0.1, 0.15) is 18.4 Å². The van der Waals surface area contributed by atoms with Crippen LogP contribution in [0.5, 0.6) is 11.5 Å². The van der Waals surface area contributed by atoms with Gasteiger partial charge in [-0.15, -0.1) is 0 Å². The number of amides is 1. The van der Waals surface area contributed by atoms with E-state index in [1.54, 1.807) is 54.6 Å². The van der Waals surface area contributed by atoms with Crippen molar-refractivity contribution in [2.24, 2.45) is 0 Å². The molecule has 0 bridgehead atoms. The Morgan fingerprint density at radius 1 is 1.07 bits per heavy atom. The average molecular weight is 383 g/mol. The molecule has 1 fully saturated rings. The van der Waals surface area contributed by atoms with E-state index >= 15 is 0 Å². The number of nitrogens with zero attached hydrogens (tertiary/aromatic N) is 1. The fraction of sp³-hybridized carbons (Fsp3) is 0.238. The fourth-order valence-corrected chi connectivity index (χ4v) is 2.44. The standard InChI is InChI=1S/C21H19ClN2O3/c22-17-3-9-20(10-4-17)27-12-11-26-19-7-1-15(2-8-19)13-16(14-23)21(25)24-18-5-6-18/h1-4,7-10,13,18H,5-6,11-12H2,(H,24,25)/b16-13+. The summed E-state index contributed by atoms with van der Waals surface area (Å²) < 4.78 is 11.2. The maximum absolute atomic E-state index is 12.0. The molecule has 1 amide bonds. The van der Waals surface area contributed by atoms with Crippen LogP contribution in [-0.2, 0) is 4.79 Å². The number of rotatable bonds is 8. The maximum Gasteiger partial charge on any atom is 0.262 e. The number of hydrogen-bond donors (Lipinski definition) is 1. The number of benzene rings is 2. The van der Waals surface area contributed by atoms with Gasteiger partial charge in [0.2, 0.25) is 0 Å². The molecule has 27 heavy (non-hydrogen) atoms. The largest absolute Gasteiger partial charge is 0.490 e. The summed E-state index contributed by atoms with van der Waals surface area (Å²) in [7, 11) is 0. The summed E-state index contributed by atoms with van der Waals surface area (Å²) in [5, 5.41) is 12.6. The van der Waals surface area contributed by atoms with Gasteiger partial charge in [0.25, 0.3) is 5.91 Å². The second-order valence-corrected chi connectivity index (χ2v) is 6.57. The van der Waals surface area contributed by atoms with Crippen molar-refractivity contribution in [2.75, 3.05) is 13.2 Å². The molecule has 0 radical (unpaired) electrons. The van der Waals surface area contributed by atoms with Crippen molar-refractivity contribution in [2.45, 2.75) is 18.9 Å². The SMILES string of the molecule is N#C/C(=C\c1ccc(OCCOc2ccc(Cl)cc2)cc1)C(=O)NC1CC1. The molecule has 1 aliphatic rings. The van der Waals surface area contributed by atoms with E-state index in [4.69, 9.17) is 21.1 Å². The summed E-state index contributed by atoms with van der Waals surface area (Å²) in [6.45, 7) is 0.800. The average Bonchev–Trinajstić information content (AvgIpc) is 3.49. The zero-order valence-electron chi connectivity index (χ0n) is 14.7. The molecule has 0 unspecified atom stereocenters. The Morgan fingerprint density at radius 2 is 1.63 bits per heavy atom. The minimum atomic E-state index is -0.320. The van der Waals surface area contributed by atoms with Crippen molar-refractivity contribution in [1.29, 1.82) is 5.26 Å². The summed E-state index contributed by atoms with van der Waals surface area (Å²) in [6, 6.07) is 16.5. The summed E-state index contributed by atoms with van der Waals surface area (Å²) in [4.78, 5) is 12.0. The van der Waals surface area contributed by atoms with Gasteiger partial charge in [-0.25, -0.2) is 0 Å². The van der Waals surface area contributed by atoms with Crippen LogP contribution in [0.4, 0.5) is 0 Å². The van der Waals surface area contributed by atoms with Crippen LogP contribution >= 0.6 is 11.6 Å². The van der Waals surface area contributed by atoms with E-state index < -0.39 is 0 Å². The molecule has 0 aromatic heterocycles. The maximum atomic E-state index is 12.0. The van der Waals surface area contributed by atoms with Crippen LogP contribution in [0.15, 0.2) is 54.1 Å². The highest BCUT2D eigenvalue weighted by Gasteiger charge is 2.24. The van der Waals surface area contributed by atoms with E-state index in [1.807, 2.05) is 6.07 Å². The van der Waals surface area contributed by atoms with Crippen LogP contribution in [-0.4, -0.2) is 25.2 Å². The van der Waals surface area contributed by atoms with Gasteiger partial charge in [0.05, 0.1) is 0 Å². The van der Waals surface area contributed by atoms with E-state index in [1.165, 1.54) is 0 Å². The van der Waals surface area contributed by atoms with Gasteiger partial charge in [-0.3, -0.25) is 4.79 Å². The lowest BCUT2D eigenvalue weighted by Crippen LogP contribution is -2.26. The lowest BCUT2D eigenvalue weighted by atomic mass is 10.1. The second-order valence-electron chi connectivity index (χ2n) is 6.14. The molecule has 0 heterocycles. The third kappa shape index (κ3) is 6.05. The number of nitriles is 1. The van der Waals surface area contributed by atoms with Gasteiger partial charge in [0.15, 0.2) is 0 Å². The Balaban J connectivity index is 1.47. The Bertz CT molecular complexity index is 850. The number of halogens is 1. The molecule has 0 atom stereocenters. The van der Waals surface area contributed by atoms with Gasteiger partial charge >= 0.3 is 0 Å². The van der Waals surface area contributed by atoms with Crippen molar-refractivity contribution >= 4 is 23.6 Å². The molecule has 6 heteroatoms. The van der Waals surface area contributed by atoms with E-state index in [-0.39, 0.29) is 17.5 Å². The molecule has 0 saturated heterocycles. The number of hydrogen-bond acceptors (Lipinski definition) is 4. The molecule has 138 valence electrons. The molecular formula is C21H19ClN2O3. The minimum absolute atomic E-state index is 0.104. The highest BCUT2D eigenvalue weighted by atomic mass is 35.5. The first kappa shape index (κ1) is 18.8. The number of nitrogens with one attached hydrogen (secondary N) is 1. The zero-order chi connectivity index (χ0) is 19.1. The second kappa shape index (κ2) is 9.11. The van der Waals surface area contributed by atoms with Crippen molar-refractivity contribution in [3.63, 3.8) is 0 Å². The number of carbonyl (C=O) groups is 1. The Morgan fingerprint density at radius 3 is 2.15 bits per heavy atom. The Hall–Kier alpha value is -2.97. The van der Waals surface area contributed by atoms with Gasteiger partial charge in [-0.1, -0.05) is 23.7 Å². The van der Waals surface area contributed by atoms with Crippen LogP contribution < -0.4 is 14.8 Å². The van der Waals surface area contributed by atoms with Crippen LogP contribution in [0.2, 0.25) is 5.02 Å². The van der Waals surface area contributed by atoms with Crippen LogP contribution in [0.3, 0.4) is 0 Å². The van der Waals surface area contributed by atoms with Crippen LogP contribution in [0.25, 0.3) is 6.08 Å². The van der Waals surface area contributed by atoms with E-state index in [2.05, 4.69) is 5.32 Å². The zero-order valence-corrected chi connectivity index (χ0v) is 15.4. The van der Waals surface area contributed by atoms with Crippen molar-refractivity contribution in [3.8, 4) is 17.6 Å². The molecule has 0 spiro atoms. The predicted molar refractivity (Wildman–Crippen MR) is 104 cm³/mol. The topological polar surface area (TPSA) is 71.3 Å². The van der Waals surface area contributed by atoms with Gasteiger partial charge in [0, 0.05) is 11.1 Å². The molecule has 2 aromatic rings. The summed E-state index contributed by atoms with van der Waals surface area (Å²) in [5.41, 5.74) is 0.870. The first-order valence-electron chi connectivity index (χ1n) is 8.68.